The van der Waals surface area contributed by atoms with Crippen molar-refractivity contribution in [3.8, 4) is 0 Å². The third-order valence-electron chi connectivity index (χ3n) is 7.45. The molecule has 1 saturated heterocycles. The van der Waals surface area contributed by atoms with E-state index in [0.29, 0.717) is 0 Å². The zero-order chi connectivity index (χ0) is 21.3. The van der Waals surface area contributed by atoms with Crippen molar-refractivity contribution in [1.29, 1.82) is 0 Å². The lowest BCUT2D eigenvalue weighted by atomic mass is 9.46. The van der Waals surface area contributed by atoms with Gasteiger partial charge in [-0.3, -0.25) is 19.3 Å². The largest absolute Gasteiger partial charge is 0.299 e. The van der Waals surface area contributed by atoms with Gasteiger partial charge >= 0.3 is 0 Å². The molecule has 31 heavy (non-hydrogen) atoms. The third-order valence-corrected chi connectivity index (χ3v) is 7.45. The van der Waals surface area contributed by atoms with Gasteiger partial charge in [0.2, 0.25) is 11.8 Å². The molecule has 0 saturated carbocycles. The highest BCUT2D eigenvalue weighted by molar-refractivity contribution is 6.12. The first kappa shape index (κ1) is 18.3. The summed E-state index contributed by atoms with van der Waals surface area (Å²) in [6.07, 6.45) is 0. The summed E-state index contributed by atoms with van der Waals surface area (Å²) in [6, 6.07) is 25.3. The first-order valence-corrected chi connectivity index (χ1v) is 10.7. The second-order valence-corrected chi connectivity index (χ2v) is 8.77. The van der Waals surface area contributed by atoms with Crippen molar-refractivity contribution in [1.82, 2.24) is 4.90 Å². The minimum Gasteiger partial charge on any atom is -0.299 e. The van der Waals surface area contributed by atoms with E-state index < -0.39 is 17.3 Å². The van der Waals surface area contributed by atoms with E-state index in [1.54, 1.807) is 6.92 Å². The van der Waals surface area contributed by atoms with Gasteiger partial charge in [-0.1, -0.05) is 78.9 Å². The Bertz CT molecular complexity index is 1210. The molecule has 2 amide bonds. The molecule has 1 heterocycles. The van der Waals surface area contributed by atoms with Gasteiger partial charge in [-0.15, -0.1) is 0 Å². The molecule has 2 unspecified atom stereocenters. The highest BCUT2D eigenvalue weighted by atomic mass is 16.2. The number of hydrogen-bond donors (Lipinski definition) is 0. The van der Waals surface area contributed by atoms with Crippen molar-refractivity contribution < 1.29 is 14.4 Å². The average Bonchev–Trinajstić information content (AvgIpc) is 3.05. The predicted molar refractivity (Wildman–Crippen MR) is 115 cm³/mol. The van der Waals surface area contributed by atoms with Crippen LogP contribution in [0.15, 0.2) is 78.9 Å². The lowest BCUT2D eigenvalue weighted by molar-refractivity contribution is -0.142. The third kappa shape index (κ3) is 2.12. The van der Waals surface area contributed by atoms with Crippen molar-refractivity contribution >= 4 is 17.6 Å². The normalized spacial score (nSPS) is 27.6. The maximum atomic E-state index is 13.8. The molecule has 3 aliphatic carbocycles. The van der Waals surface area contributed by atoms with Gasteiger partial charge in [0, 0.05) is 5.92 Å². The summed E-state index contributed by atoms with van der Waals surface area (Å²) in [7, 11) is 0. The lowest BCUT2D eigenvalue weighted by Crippen LogP contribution is -2.57. The Kier molecular flexibility index (Phi) is 3.67. The summed E-state index contributed by atoms with van der Waals surface area (Å²) in [6.45, 7) is 1.80. The number of ketones is 1. The van der Waals surface area contributed by atoms with Crippen molar-refractivity contribution in [2.75, 3.05) is 0 Å². The van der Waals surface area contributed by atoms with Gasteiger partial charge in [-0.2, -0.15) is 0 Å². The standard InChI is InChI=1S/C27H21NO3/c1-16(29)27-20-13-7-5-11-18(20)22(19-12-6-8-14-21(19)27)23-24(27)26(31)28(25(23)30)15-17-9-3-2-4-10-17/h2-14,22-24H,15H2,1H3. The van der Waals surface area contributed by atoms with Crippen LogP contribution >= 0.6 is 0 Å². The van der Waals surface area contributed by atoms with Crippen LogP contribution in [0.5, 0.6) is 0 Å². The number of hydrogen-bond acceptors (Lipinski definition) is 3. The molecule has 0 radical (unpaired) electrons. The Morgan fingerprint density at radius 2 is 1.35 bits per heavy atom. The molecular weight excluding hydrogens is 386 g/mol. The highest BCUT2D eigenvalue weighted by Crippen LogP contribution is 2.64. The van der Waals surface area contributed by atoms with Crippen LogP contribution in [0.3, 0.4) is 0 Å². The number of likely N-dealkylation sites (tertiary alicyclic amines) is 1. The monoisotopic (exact) mass is 407 g/mol. The molecule has 4 nitrogen and oxygen atoms in total. The van der Waals surface area contributed by atoms with Gasteiger partial charge in [-0.05, 0) is 34.7 Å². The maximum absolute atomic E-state index is 13.8. The molecule has 0 N–H and O–H groups in total. The Morgan fingerprint density at radius 1 is 0.806 bits per heavy atom. The molecule has 7 rings (SSSR count). The van der Waals surface area contributed by atoms with E-state index in [0.717, 1.165) is 27.8 Å². The zero-order valence-electron chi connectivity index (χ0n) is 17.1. The van der Waals surface area contributed by atoms with Gasteiger partial charge in [0.15, 0.2) is 0 Å². The van der Waals surface area contributed by atoms with Crippen LogP contribution in [0.25, 0.3) is 0 Å². The van der Waals surface area contributed by atoms with E-state index in [-0.39, 0.29) is 30.1 Å². The summed E-state index contributed by atoms with van der Waals surface area (Å²) >= 11 is 0. The SMILES string of the molecule is CC(=O)C12c3ccccc3C(c3ccccc31)C1C(=O)N(Cc3ccccc3)C(=O)C12. The van der Waals surface area contributed by atoms with Crippen LogP contribution in [-0.4, -0.2) is 22.5 Å². The number of nitrogens with zero attached hydrogens (tertiary/aromatic N) is 1. The average molecular weight is 407 g/mol. The summed E-state index contributed by atoms with van der Waals surface area (Å²) in [5, 5.41) is 0. The molecule has 0 aromatic heterocycles. The van der Waals surface area contributed by atoms with Crippen LogP contribution in [0.4, 0.5) is 0 Å². The Labute approximate surface area is 180 Å². The Hall–Kier alpha value is -3.53. The maximum Gasteiger partial charge on any atom is 0.235 e. The van der Waals surface area contributed by atoms with Crippen molar-refractivity contribution in [2.45, 2.75) is 24.8 Å². The summed E-state index contributed by atoms with van der Waals surface area (Å²) < 4.78 is 0. The Morgan fingerprint density at radius 3 is 1.94 bits per heavy atom. The molecular formula is C27H21NO3. The second kappa shape index (κ2) is 6.24. The molecule has 1 fully saturated rings. The van der Waals surface area contributed by atoms with Crippen molar-refractivity contribution in [3.63, 3.8) is 0 Å². The predicted octanol–water partition coefficient (Wildman–Crippen LogP) is 3.82. The number of Topliss-reactive ketones (excluding diaryl/α,β-unsaturated/α-hetero) is 1. The van der Waals surface area contributed by atoms with Crippen LogP contribution in [0, 0.1) is 11.8 Å². The molecule has 1 aliphatic heterocycles. The topological polar surface area (TPSA) is 54.5 Å². The van der Waals surface area contributed by atoms with Crippen molar-refractivity contribution in [2.24, 2.45) is 11.8 Å². The fourth-order valence-electron chi connectivity index (χ4n) is 6.35. The van der Waals surface area contributed by atoms with Gasteiger partial charge in [0.1, 0.15) is 5.78 Å². The van der Waals surface area contributed by atoms with E-state index in [4.69, 9.17) is 0 Å². The fourth-order valence-corrected chi connectivity index (χ4v) is 6.35. The van der Waals surface area contributed by atoms with E-state index >= 15 is 0 Å². The van der Waals surface area contributed by atoms with Crippen LogP contribution in [-0.2, 0) is 26.3 Å². The molecule has 3 aromatic carbocycles. The molecule has 0 spiro atoms. The minimum atomic E-state index is -1.12. The number of carbonyl (C=O) groups excluding carboxylic acids is 3. The van der Waals surface area contributed by atoms with Crippen LogP contribution < -0.4 is 0 Å². The van der Waals surface area contributed by atoms with E-state index in [9.17, 15) is 14.4 Å². The Balaban J connectivity index is 1.61. The van der Waals surface area contributed by atoms with Gasteiger partial charge in [-0.25, -0.2) is 0 Å². The molecule has 2 atom stereocenters. The number of carbonyl (C=O) groups is 3. The summed E-state index contributed by atoms with van der Waals surface area (Å²) in [4.78, 5) is 42.4. The molecule has 3 aromatic rings. The van der Waals surface area contributed by atoms with Crippen molar-refractivity contribution in [3.05, 3.63) is 107 Å². The highest BCUT2D eigenvalue weighted by Gasteiger charge is 2.69. The van der Waals surface area contributed by atoms with Gasteiger partial charge in [0.05, 0.1) is 23.8 Å². The number of amides is 2. The van der Waals surface area contributed by atoms with Crippen LogP contribution in [0.2, 0.25) is 0 Å². The smallest absolute Gasteiger partial charge is 0.235 e. The molecule has 4 aliphatic rings. The van der Waals surface area contributed by atoms with E-state index in [2.05, 4.69) is 0 Å². The van der Waals surface area contributed by atoms with E-state index in [1.807, 2.05) is 78.9 Å². The first-order valence-electron chi connectivity index (χ1n) is 10.7. The van der Waals surface area contributed by atoms with Crippen LogP contribution in [0.1, 0.15) is 40.7 Å². The van der Waals surface area contributed by atoms with Gasteiger partial charge in [0.25, 0.3) is 0 Å². The molecule has 2 bridgehead atoms. The number of imide groups is 1. The zero-order valence-corrected chi connectivity index (χ0v) is 17.1. The van der Waals surface area contributed by atoms with Gasteiger partial charge < -0.3 is 0 Å². The number of benzene rings is 3. The van der Waals surface area contributed by atoms with E-state index in [1.165, 1.54) is 4.90 Å². The quantitative estimate of drug-likeness (QED) is 0.620. The molecule has 152 valence electrons. The summed E-state index contributed by atoms with van der Waals surface area (Å²) in [5.41, 5.74) is 3.55. The number of rotatable bonds is 3. The minimum absolute atomic E-state index is 0.0803. The summed E-state index contributed by atoms with van der Waals surface area (Å²) in [5.74, 6) is -1.94. The lowest BCUT2D eigenvalue weighted by Gasteiger charge is -2.52. The first-order chi connectivity index (χ1) is 15.1. The fraction of sp³-hybridized carbons (Fsp3) is 0.222. The molecule has 4 heteroatoms. The second-order valence-electron chi connectivity index (χ2n) is 8.77.